The summed E-state index contributed by atoms with van der Waals surface area (Å²) >= 11 is 0. The molecule has 0 saturated heterocycles. The molecule has 2 rings (SSSR count). The predicted molar refractivity (Wildman–Crippen MR) is 69.6 cm³/mol. The average molecular weight is 262 g/mol. The molecule has 2 aromatic heterocycles. The maximum absolute atomic E-state index is 11.8. The number of rotatable bonds is 6. The molecule has 102 valence electrons. The van der Waals surface area contributed by atoms with Gasteiger partial charge in [-0.1, -0.05) is 6.92 Å². The molecule has 0 aromatic carbocycles. The number of aromatic amines is 1. The van der Waals surface area contributed by atoms with Crippen molar-refractivity contribution < 1.29 is 4.79 Å². The Kier molecular flexibility index (Phi) is 4.27. The van der Waals surface area contributed by atoms with Crippen LogP contribution in [0.3, 0.4) is 0 Å². The van der Waals surface area contributed by atoms with Crippen molar-refractivity contribution in [3.8, 4) is 0 Å². The fourth-order valence-corrected chi connectivity index (χ4v) is 1.75. The van der Waals surface area contributed by atoms with Gasteiger partial charge in [0.05, 0.1) is 6.20 Å². The van der Waals surface area contributed by atoms with Gasteiger partial charge in [0.15, 0.2) is 0 Å². The number of nitrogens with one attached hydrogen (secondary N) is 2. The Hall–Kier alpha value is -2.18. The summed E-state index contributed by atoms with van der Waals surface area (Å²) in [4.78, 5) is 15.9. The maximum atomic E-state index is 11.8. The molecule has 0 fully saturated rings. The van der Waals surface area contributed by atoms with Crippen LogP contribution in [0.25, 0.3) is 0 Å². The molecule has 2 aromatic rings. The quantitative estimate of drug-likeness (QED) is 0.791. The minimum Gasteiger partial charge on any atom is -0.349 e. The second-order valence-electron chi connectivity index (χ2n) is 4.38. The van der Waals surface area contributed by atoms with E-state index in [0.29, 0.717) is 6.54 Å². The summed E-state index contributed by atoms with van der Waals surface area (Å²) in [5.41, 5.74) is 1.09. The Morgan fingerprint density at radius 2 is 2.32 bits per heavy atom. The lowest BCUT2D eigenvalue weighted by atomic mass is 10.2. The lowest BCUT2D eigenvalue weighted by Crippen LogP contribution is -2.26. The summed E-state index contributed by atoms with van der Waals surface area (Å²) in [5.74, 6) is 0.706. The van der Waals surface area contributed by atoms with Gasteiger partial charge in [0.1, 0.15) is 5.82 Å². The molecule has 0 spiro atoms. The van der Waals surface area contributed by atoms with Crippen LogP contribution in [-0.2, 0) is 19.9 Å². The summed E-state index contributed by atoms with van der Waals surface area (Å²) < 4.78 is 1.74. The first-order valence-electron chi connectivity index (χ1n) is 6.36. The summed E-state index contributed by atoms with van der Waals surface area (Å²) in [6.07, 6.45) is 6.23. The molecule has 19 heavy (non-hydrogen) atoms. The Morgan fingerprint density at radius 3 is 3.00 bits per heavy atom. The molecule has 0 unspecified atom stereocenters. The molecule has 0 radical (unpaired) electrons. The Labute approximate surface area is 111 Å². The Morgan fingerprint density at radius 1 is 1.47 bits per heavy atom. The first kappa shape index (κ1) is 13.3. The standard InChI is InChI=1S/C12H18N6O/c1-3-4-10-15-11(17-16-10)12(19)13-6-5-9-7-14-18(2)8-9/h7-8H,3-6H2,1-2H3,(H,13,19)(H,15,16,17). The van der Waals surface area contributed by atoms with E-state index in [-0.39, 0.29) is 11.7 Å². The summed E-state index contributed by atoms with van der Waals surface area (Å²) in [7, 11) is 1.87. The highest BCUT2D eigenvalue weighted by molar-refractivity contribution is 5.90. The largest absolute Gasteiger partial charge is 0.349 e. The van der Waals surface area contributed by atoms with E-state index < -0.39 is 0 Å². The minimum atomic E-state index is -0.248. The molecule has 0 saturated carbocycles. The molecule has 2 heterocycles. The molecule has 0 aliphatic heterocycles. The van der Waals surface area contributed by atoms with E-state index in [1.54, 1.807) is 10.9 Å². The number of aryl methyl sites for hydroxylation is 2. The molecular weight excluding hydrogens is 244 g/mol. The van der Waals surface area contributed by atoms with Crippen LogP contribution in [-0.4, -0.2) is 37.4 Å². The van der Waals surface area contributed by atoms with Crippen molar-refractivity contribution in [2.24, 2.45) is 7.05 Å². The zero-order chi connectivity index (χ0) is 13.7. The van der Waals surface area contributed by atoms with Gasteiger partial charge in [-0.25, -0.2) is 4.98 Å². The van der Waals surface area contributed by atoms with Crippen LogP contribution >= 0.6 is 0 Å². The summed E-state index contributed by atoms with van der Waals surface area (Å²) in [6, 6.07) is 0. The van der Waals surface area contributed by atoms with E-state index in [1.165, 1.54) is 0 Å². The number of hydrogen-bond acceptors (Lipinski definition) is 4. The number of nitrogens with zero attached hydrogens (tertiary/aromatic N) is 4. The van der Waals surface area contributed by atoms with Gasteiger partial charge in [-0.05, 0) is 18.4 Å². The van der Waals surface area contributed by atoms with Crippen molar-refractivity contribution in [2.75, 3.05) is 6.54 Å². The van der Waals surface area contributed by atoms with Crippen molar-refractivity contribution >= 4 is 5.91 Å². The van der Waals surface area contributed by atoms with Gasteiger partial charge in [-0.3, -0.25) is 14.6 Å². The van der Waals surface area contributed by atoms with Gasteiger partial charge >= 0.3 is 0 Å². The Balaban J connectivity index is 1.80. The molecular formula is C12H18N6O. The van der Waals surface area contributed by atoms with E-state index in [2.05, 4.69) is 32.5 Å². The molecule has 7 heteroatoms. The van der Waals surface area contributed by atoms with Gasteiger partial charge in [0, 0.05) is 26.2 Å². The van der Waals surface area contributed by atoms with Gasteiger partial charge in [-0.2, -0.15) is 5.10 Å². The molecule has 2 N–H and O–H groups in total. The third kappa shape index (κ3) is 3.64. The first-order valence-corrected chi connectivity index (χ1v) is 6.36. The van der Waals surface area contributed by atoms with Crippen LogP contribution in [0.5, 0.6) is 0 Å². The van der Waals surface area contributed by atoms with Gasteiger partial charge in [0.2, 0.25) is 5.82 Å². The third-order valence-corrected chi connectivity index (χ3v) is 2.68. The van der Waals surface area contributed by atoms with Crippen molar-refractivity contribution in [1.82, 2.24) is 30.3 Å². The lowest BCUT2D eigenvalue weighted by Gasteiger charge is -2.00. The van der Waals surface area contributed by atoms with Gasteiger partial charge < -0.3 is 5.32 Å². The molecule has 0 bridgehead atoms. The average Bonchev–Trinajstić information content (AvgIpc) is 2.99. The third-order valence-electron chi connectivity index (χ3n) is 2.68. The number of H-pyrrole nitrogens is 1. The number of hydrogen-bond donors (Lipinski definition) is 2. The molecule has 0 atom stereocenters. The van der Waals surface area contributed by atoms with Crippen LogP contribution < -0.4 is 5.32 Å². The SMILES string of the molecule is CCCc1nc(C(=O)NCCc2cnn(C)c2)n[nH]1. The van der Waals surface area contributed by atoms with Crippen molar-refractivity contribution in [1.29, 1.82) is 0 Å². The number of amides is 1. The van der Waals surface area contributed by atoms with E-state index >= 15 is 0 Å². The molecule has 7 nitrogen and oxygen atoms in total. The van der Waals surface area contributed by atoms with E-state index in [0.717, 1.165) is 30.7 Å². The van der Waals surface area contributed by atoms with E-state index in [9.17, 15) is 4.79 Å². The normalized spacial score (nSPS) is 10.6. The highest BCUT2D eigenvalue weighted by atomic mass is 16.2. The smallest absolute Gasteiger partial charge is 0.290 e. The number of aromatic nitrogens is 5. The fraction of sp³-hybridized carbons (Fsp3) is 0.500. The predicted octanol–water partition coefficient (Wildman–Crippen LogP) is 0.463. The van der Waals surface area contributed by atoms with Crippen molar-refractivity contribution in [2.45, 2.75) is 26.2 Å². The van der Waals surface area contributed by atoms with Crippen LogP contribution in [0.1, 0.15) is 35.4 Å². The minimum absolute atomic E-state index is 0.203. The second kappa shape index (κ2) is 6.12. The van der Waals surface area contributed by atoms with Crippen molar-refractivity contribution in [3.05, 3.63) is 29.6 Å². The lowest BCUT2D eigenvalue weighted by molar-refractivity contribution is 0.0944. The zero-order valence-corrected chi connectivity index (χ0v) is 11.2. The fourth-order valence-electron chi connectivity index (χ4n) is 1.75. The van der Waals surface area contributed by atoms with Crippen LogP contribution in [0.15, 0.2) is 12.4 Å². The van der Waals surface area contributed by atoms with Crippen LogP contribution in [0, 0.1) is 0 Å². The number of carbonyl (C=O) groups is 1. The highest BCUT2D eigenvalue weighted by Crippen LogP contribution is 1.98. The Bertz CT molecular complexity index is 544. The molecule has 1 amide bonds. The van der Waals surface area contributed by atoms with E-state index in [4.69, 9.17) is 0 Å². The van der Waals surface area contributed by atoms with Crippen LogP contribution in [0.4, 0.5) is 0 Å². The second-order valence-corrected chi connectivity index (χ2v) is 4.38. The molecule has 0 aliphatic carbocycles. The van der Waals surface area contributed by atoms with Gasteiger partial charge in [-0.15, -0.1) is 5.10 Å². The highest BCUT2D eigenvalue weighted by Gasteiger charge is 2.11. The summed E-state index contributed by atoms with van der Waals surface area (Å²) in [6.45, 7) is 2.60. The monoisotopic (exact) mass is 262 g/mol. The molecule has 0 aliphatic rings. The summed E-state index contributed by atoms with van der Waals surface area (Å²) in [5, 5.41) is 13.5. The topological polar surface area (TPSA) is 88.5 Å². The zero-order valence-electron chi connectivity index (χ0n) is 11.2. The van der Waals surface area contributed by atoms with Gasteiger partial charge in [0.25, 0.3) is 5.91 Å². The number of carbonyl (C=O) groups excluding carboxylic acids is 1. The van der Waals surface area contributed by atoms with Crippen molar-refractivity contribution in [3.63, 3.8) is 0 Å². The van der Waals surface area contributed by atoms with Crippen LogP contribution in [0.2, 0.25) is 0 Å². The first-order chi connectivity index (χ1) is 9.19. The van der Waals surface area contributed by atoms with E-state index in [1.807, 2.05) is 13.2 Å². The maximum Gasteiger partial charge on any atom is 0.290 e.